The van der Waals surface area contributed by atoms with E-state index in [9.17, 15) is 9.59 Å². The number of likely N-dealkylation sites (tertiary alicyclic amines) is 1. The fourth-order valence-corrected chi connectivity index (χ4v) is 1.72. The smallest absolute Gasteiger partial charge is 0.233 e. The number of hydrogen-bond acceptors (Lipinski definition) is 3. The molecule has 1 aliphatic rings. The largest absolute Gasteiger partial charge is 0.347 e. The molecule has 1 aliphatic heterocycles. The predicted octanol–water partition coefficient (Wildman–Crippen LogP) is 0.551. The number of amides is 2. The highest BCUT2D eigenvalue weighted by Gasteiger charge is 2.42. The van der Waals surface area contributed by atoms with E-state index in [1.165, 1.54) is 4.90 Å². The summed E-state index contributed by atoms with van der Waals surface area (Å²) in [5, 5.41) is 0. The minimum Gasteiger partial charge on any atom is -0.347 e. The molecule has 1 fully saturated rings. The monoisotopic (exact) mass is 207 g/mol. The summed E-state index contributed by atoms with van der Waals surface area (Å²) in [7, 11) is 0. The van der Waals surface area contributed by atoms with Gasteiger partial charge in [-0.2, -0.15) is 0 Å². The van der Waals surface area contributed by atoms with Crippen molar-refractivity contribution in [2.24, 2.45) is 11.8 Å². The van der Waals surface area contributed by atoms with E-state index in [-0.39, 0.29) is 30.2 Å². The first-order valence-corrected chi connectivity index (χ1v) is 4.94. The van der Waals surface area contributed by atoms with Gasteiger partial charge in [-0.1, -0.05) is 13.8 Å². The van der Waals surface area contributed by atoms with Gasteiger partial charge in [0, 0.05) is 24.2 Å². The molecule has 0 spiro atoms. The number of hydrogen-bond donors (Lipinski definition) is 1. The number of rotatable bonds is 2. The second-order valence-corrected chi connectivity index (χ2v) is 3.88. The molecule has 0 aromatic carbocycles. The summed E-state index contributed by atoms with van der Waals surface area (Å²) < 4.78 is 0. The van der Waals surface area contributed by atoms with Crippen LogP contribution in [0.4, 0.5) is 0 Å². The van der Waals surface area contributed by atoms with Crippen LogP contribution in [0.15, 0.2) is 12.4 Å². The highest BCUT2D eigenvalue weighted by molar-refractivity contribution is 6.04. The van der Waals surface area contributed by atoms with E-state index in [0.717, 1.165) is 0 Å². The standard InChI is InChI=1S/C10H13N3O2/c1-6-7(2)10(15)13(9(6)14)5-8-11-3-4-12-8/h3-4,6-7H,5H2,1-2H3,(H,11,12). The number of carbonyl (C=O) groups excluding carboxylic acids is 2. The molecule has 1 aromatic heterocycles. The summed E-state index contributed by atoms with van der Waals surface area (Å²) >= 11 is 0. The van der Waals surface area contributed by atoms with Crippen LogP contribution in [0.5, 0.6) is 0 Å². The zero-order valence-electron chi connectivity index (χ0n) is 8.73. The highest BCUT2D eigenvalue weighted by atomic mass is 16.2. The number of nitrogens with one attached hydrogen (secondary N) is 1. The molecule has 0 bridgehead atoms. The van der Waals surface area contributed by atoms with Crippen molar-refractivity contribution in [2.75, 3.05) is 0 Å². The van der Waals surface area contributed by atoms with Gasteiger partial charge in [0.25, 0.3) is 0 Å². The van der Waals surface area contributed by atoms with Crippen LogP contribution in [-0.4, -0.2) is 26.7 Å². The molecule has 2 unspecified atom stereocenters. The molecule has 5 heteroatoms. The van der Waals surface area contributed by atoms with Crippen LogP contribution in [0.25, 0.3) is 0 Å². The minimum atomic E-state index is -0.215. The molecule has 1 saturated heterocycles. The van der Waals surface area contributed by atoms with E-state index in [2.05, 4.69) is 9.97 Å². The Morgan fingerprint density at radius 1 is 1.33 bits per heavy atom. The number of imidazole rings is 1. The molecule has 0 radical (unpaired) electrons. The maximum atomic E-state index is 11.7. The summed E-state index contributed by atoms with van der Waals surface area (Å²) in [6.45, 7) is 3.82. The molecular weight excluding hydrogens is 194 g/mol. The van der Waals surface area contributed by atoms with Crippen molar-refractivity contribution >= 4 is 11.8 Å². The maximum absolute atomic E-state index is 11.7. The number of nitrogens with zero attached hydrogens (tertiary/aromatic N) is 2. The molecule has 5 nitrogen and oxygen atoms in total. The first-order valence-electron chi connectivity index (χ1n) is 4.94. The number of aromatic nitrogens is 2. The molecule has 80 valence electrons. The third-order valence-corrected chi connectivity index (χ3v) is 2.92. The van der Waals surface area contributed by atoms with Gasteiger partial charge in [0.05, 0.1) is 6.54 Å². The van der Waals surface area contributed by atoms with Crippen LogP contribution >= 0.6 is 0 Å². The quantitative estimate of drug-likeness (QED) is 0.720. The Balaban J connectivity index is 2.16. The lowest BCUT2D eigenvalue weighted by Gasteiger charge is -2.12. The van der Waals surface area contributed by atoms with Crippen LogP contribution in [0, 0.1) is 11.8 Å². The summed E-state index contributed by atoms with van der Waals surface area (Å²) in [6, 6.07) is 0. The summed E-state index contributed by atoms with van der Waals surface area (Å²) in [5.74, 6) is -0.00859. The SMILES string of the molecule is CC1C(=O)N(Cc2ncc[nH]2)C(=O)C1C. The second-order valence-electron chi connectivity index (χ2n) is 3.88. The van der Waals surface area contributed by atoms with E-state index in [0.29, 0.717) is 5.82 Å². The van der Waals surface area contributed by atoms with Crippen molar-refractivity contribution in [1.29, 1.82) is 0 Å². The number of carbonyl (C=O) groups is 2. The molecule has 1 N–H and O–H groups in total. The number of aromatic amines is 1. The topological polar surface area (TPSA) is 66.1 Å². The van der Waals surface area contributed by atoms with Crippen molar-refractivity contribution in [2.45, 2.75) is 20.4 Å². The van der Waals surface area contributed by atoms with Crippen LogP contribution in [0.3, 0.4) is 0 Å². The van der Waals surface area contributed by atoms with Gasteiger partial charge in [0.1, 0.15) is 5.82 Å². The Bertz CT molecular complexity index is 365. The molecule has 2 rings (SSSR count). The van der Waals surface area contributed by atoms with Crippen LogP contribution in [0.2, 0.25) is 0 Å². The van der Waals surface area contributed by atoms with Gasteiger partial charge in [-0.05, 0) is 0 Å². The number of H-pyrrole nitrogens is 1. The van der Waals surface area contributed by atoms with Gasteiger partial charge in [-0.15, -0.1) is 0 Å². The molecule has 2 atom stereocenters. The maximum Gasteiger partial charge on any atom is 0.233 e. The molecular formula is C10H13N3O2. The van der Waals surface area contributed by atoms with Gasteiger partial charge in [0.2, 0.25) is 11.8 Å². The third kappa shape index (κ3) is 1.54. The van der Waals surface area contributed by atoms with E-state index < -0.39 is 0 Å². The first kappa shape index (κ1) is 9.89. The van der Waals surface area contributed by atoms with E-state index in [4.69, 9.17) is 0 Å². The van der Waals surface area contributed by atoms with Crippen molar-refractivity contribution in [3.63, 3.8) is 0 Å². The lowest BCUT2D eigenvalue weighted by molar-refractivity contribution is -0.140. The van der Waals surface area contributed by atoms with Crippen LogP contribution in [0.1, 0.15) is 19.7 Å². The van der Waals surface area contributed by atoms with Crippen LogP contribution < -0.4 is 0 Å². The van der Waals surface area contributed by atoms with E-state index >= 15 is 0 Å². The lowest BCUT2D eigenvalue weighted by atomic mass is 10.00. The first-order chi connectivity index (χ1) is 7.11. The summed E-state index contributed by atoms with van der Waals surface area (Å²) in [5.41, 5.74) is 0. The Kier molecular flexibility index (Phi) is 2.30. The van der Waals surface area contributed by atoms with E-state index in [1.807, 2.05) is 0 Å². The van der Waals surface area contributed by atoms with Gasteiger partial charge in [0.15, 0.2) is 0 Å². The third-order valence-electron chi connectivity index (χ3n) is 2.92. The average molecular weight is 207 g/mol. The lowest BCUT2D eigenvalue weighted by Crippen LogP contribution is -2.30. The fraction of sp³-hybridized carbons (Fsp3) is 0.500. The minimum absolute atomic E-state index is 0.107. The molecule has 1 aromatic rings. The summed E-state index contributed by atoms with van der Waals surface area (Å²) in [6.07, 6.45) is 3.28. The highest BCUT2D eigenvalue weighted by Crippen LogP contribution is 2.26. The molecule has 2 amide bonds. The van der Waals surface area contributed by atoms with Gasteiger partial charge in [-0.3, -0.25) is 14.5 Å². The van der Waals surface area contributed by atoms with Crippen molar-refractivity contribution in [1.82, 2.24) is 14.9 Å². The normalized spacial score (nSPS) is 26.4. The average Bonchev–Trinajstić information content (AvgIpc) is 2.79. The molecule has 15 heavy (non-hydrogen) atoms. The zero-order valence-corrected chi connectivity index (χ0v) is 8.73. The van der Waals surface area contributed by atoms with Crippen molar-refractivity contribution in [3.8, 4) is 0 Å². The van der Waals surface area contributed by atoms with Crippen molar-refractivity contribution < 1.29 is 9.59 Å². The van der Waals surface area contributed by atoms with Gasteiger partial charge in [-0.25, -0.2) is 4.98 Å². The number of imide groups is 1. The van der Waals surface area contributed by atoms with E-state index in [1.54, 1.807) is 26.2 Å². The zero-order chi connectivity index (χ0) is 11.0. The second kappa shape index (κ2) is 3.49. The summed E-state index contributed by atoms with van der Waals surface area (Å²) in [4.78, 5) is 31.6. The molecule has 2 heterocycles. The molecule has 0 aliphatic carbocycles. The van der Waals surface area contributed by atoms with Gasteiger partial charge >= 0.3 is 0 Å². The van der Waals surface area contributed by atoms with Crippen LogP contribution in [-0.2, 0) is 16.1 Å². The Morgan fingerprint density at radius 3 is 2.40 bits per heavy atom. The van der Waals surface area contributed by atoms with Crippen molar-refractivity contribution in [3.05, 3.63) is 18.2 Å². The Hall–Kier alpha value is -1.65. The predicted molar refractivity (Wildman–Crippen MR) is 52.5 cm³/mol. The molecule has 0 saturated carbocycles. The Labute approximate surface area is 87.5 Å². The van der Waals surface area contributed by atoms with Gasteiger partial charge < -0.3 is 4.98 Å². The Morgan fingerprint density at radius 2 is 1.93 bits per heavy atom. The fourth-order valence-electron chi connectivity index (χ4n) is 1.72.